The Balaban J connectivity index is 3.34. The van der Waals surface area contributed by atoms with Crippen LogP contribution in [0.4, 0.5) is 22.0 Å². The summed E-state index contributed by atoms with van der Waals surface area (Å²) in [6.07, 6.45) is -7.42. The molecule has 1 heterocycles. The molecule has 0 N–H and O–H groups in total. The largest absolute Gasteiger partial charge is 0.419 e. The lowest BCUT2D eigenvalue weighted by molar-refractivity contribution is -0.139. The molecule has 15 heavy (non-hydrogen) atoms. The number of rotatable bonds is 1. The lowest BCUT2D eigenvalue weighted by Crippen LogP contribution is -2.12. The average Bonchev–Trinajstić information content (AvgIpc) is 1.99. The van der Waals surface area contributed by atoms with Crippen LogP contribution >= 0.6 is 22.6 Å². The highest BCUT2D eigenvalue weighted by atomic mass is 127. The summed E-state index contributed by atoms with van der Waals surface area (Å²) in [6.45, 7) is 1.07. The van der Waals surface area contributed by atoms with Gasteiger partial charge >= 0.3 is 6.18 Å². The summed E-state index contributed by atoms with van der Waals surface area (Å²) in [5, 5.41) is 0. The zero-order valence-electron chi connectivity index (χ0n) is 7.37. The first-order valence-corrected chi connectivity index (χ1v) is 4.83. The average molecular weight is 337 g/mol. The number of hydrogen-bond acceptors (Lipinski definition) is 1. The molecule has 0 aromatic carbocycles. The second-order valence-corrected chi connectivity index (χ2v) is 3.95. The van der Waals surface area contributed by atoms with Gasteiger partial charge in [-0.3, -0.25) is 4.98 Å². The van der Waals surface area contributed by atoms with Crippen LogP contribution in [0.3, 0.4) is 0 Å². The second kappa shape index (κ2) is 4.18. The van der Waals surface area contributed by atoms with Crippen LogP contribution in [0.25, 0.3) is 0 Å². The Bertz CT molecular complexity index is 351. The van der Waals surface area contributed by atoms with E-state index in [1.807, 2.05) is 0 Å². The fourth-order valence-corrected chi connectivity index (χ4v) is 2.12. The highest BCUT2D eigenvalue weighted by Crippen LogP contribution is 2.35. The van der Waals surface area contributed by atoms with Gasteiger partial charge in [-0.05, 0) is 35.6 Å². The van der Waals surface area contributed by atoms with Crippen molar-refractivity contribution >= 4 is 22.6 Å². The van der Waals surface area contributed by atoms with Crippen molar-refractivity contribution in [3.05, 3.63) is 26.6 Å². The summed E-state index contributed by atoms with van der Waals surface area (Å²) in [5.74, 6) is 0. The van der Waals surface area contributed by atoms with Crippen LogP contribution in [0.15, 0.2) is 6.07 Å². The number of alkyl halides is 5. The van der Waals surface area contributed by atoms with Gasteiger partial charge in [0.05, 0.1) is 11.3 Å². The lowest BCUT2D eigenvalue weighted by atomic mass is 10.2. The van der Waals surface area contributed by atoms with Crippen LogP contribution in [0.1, 0.15) is 23.4 Å². The van der Waals surface area contributed by atoms with Crippen LogP contribution in [-0.4, -0.2) is 4.98 Å². The van der Waals surface area contributed by atoms with E-state index in [0.29, 0.717) is 0 Å². The van der Waals surface area contributed by atoms with Gasteiger partial charge in [-0.25, -0.2) is 8.78 Å². The van der Waals surface area contributed by atoms with E-state index >= 15 is 0 Å². The third-order valence-electron chi connectivity index (χ3n) is 1.68. The summed E-state index contributed by atoms with van der Waals surface area (Å²) in [5.41, 5.74) is -2.01. The molecule has 0 aliphatic carbocycles. The predicted molar refractivity (Wildman–Crippen MR) is 51.7 cm³/mol. The molecular formula is C8H5F5IN. The third-order valence-corrected chi connectivity index (χ3v) is 2.53. The first-order valence-electron chi connectivity index (χ1n) is 3.76. The van der Waals surface area contributed by atoms with Crippen LogP contribution in [0.5, 0.6) is 0 Å². The number of hydrogen-bond donors (Lipinski definition) is 0. The van der Waals surface area contributed by atoms with Gasteiger partial charge in [0.15, 0.2) is 0 Å². The van der Waals surface area contributed by atoms with Crippen molar-refractivity contribution in [1.82, 2.24) is 4.98 Å². The van der Waals surface area contributed by atoms with E-state index in [1.165, 1.54) is 22.6 Å². The van der Waals surface area contributed by atoms with Crippen molar-refractivity contribution in [3.8, 4) is 0 Å². The quantitative estimate of drug-likeness (QED) is 0.559. The fraction of sp³-hybridized carbons (Fsp3) is 0.375. The fourth-order valence-electron chi connectivity index (χ4n) is 1.11. The van der Waals surface area contributed by atoms with Crippen LogP contribution in [-0.2, 0) is 6.18 Å². The topological polar surface area (TPSA) is 12.9 Å². The van der Waals surface area contributed by atoms with Crippen LogP contribution in [0, 0.1) is 10.5 Å². The van der Waals surface area contributed by atoms with Gasteiger partial charge in [-0.15, -0.1) is 0 Å². The molecule has 0 aliphatic heterocycles. The van der Waals surface area contributed by atoms with Gasteiger partial charge in [0.25, 0.3) is 6.43 Å². The molecule has 0 radical (unpaired) electrons. The molecule has 0 unspecified atom stereocenters. The van der Waals surface area contributed by atoms with Crippen LogP contribution < -0.4 is 0 Å². The monoisotopic (exact) mass is 337 g/mol. The molecule has 1 aromatic rings. The van der Waals surface area contributed by atoms with E-state index in [-0.39, 0.29) is 3.57 Å². The van der Waals surface area contributed by atoms with Gasteiger partial charge in [0, 0.05) is 3.57 Å². The Kier molecular flexibility index (Phi) is 3.51. The highest BCUT2D eigenvalue weighted by molar-refractivity contribution is 14.1. The number of aryl methyl sites for hydroxylation is 1. The second-order valence-electron chi connectivity index (χ2n) is 2.79. The summed E-state index contributed by atoms with van der Waals surface area (Å²) in [6, 6.07) is 0.751. The van der Waals surface area contributed by atoms with Crippen molar-refractivity contribution in [1.29, 1.82) is 0 Å². The SMILES string of the molecule is Cc1nc(C(F)F)cc(I)c1C(F)(F)F. The Hall–Kier alpha value is -0.470. The number of pyridine rings is 1. The minimum Gasteiger partial charge on any atom is -0.251 e. The zero-order chi connectivity index (χ0) is 11.8. The standard InChI is InChI=1S/C8H5F5IN/c1-3-6(8(11,12)13)4(14)2-5(15-3)7(9)10/h2,7H,1H3. The van der Waals surface area contributed by atoms with Gasteiger partial charge in [-0.2, -0.15) is 13.2 Å². The number of aromatic nitrogens is 1. The Morgan fingerprint density at radius 3 is 2.20 bits per heavy atom. The van der Waals surface area contributed by atoms with Gasteiger partial charge < -0.3 is 0 Å². The van der Waals surface area contributed by atoms with E-state index < -0.39 is 29.6 Å². The Morgan fingerprint density at radius 2 is 1.87 bits per heavy atom. The van der Waals surface area contributed by atoms with Crippen molar-refractivity contribution in [2.45, 2.75) is 19.5 Å². The van der Waals surface area contributed by atoms with E-state index in [4.69, 9.17) is 0 Å². The highest BCUT2D eigenvalue weighted by Gasteiger charge is 2.36. The minimum atomic E-state index is -4.56. The zero-order valence-corrected chi connectivity index (χ0v) is 9.53. The van der Waals surface area contributed by atoms with Gasteiger partial charge in [-0.1, -0.05) is 0 Å². The molecular weight excluding hydrogens is 332 g/mol. The van der Waals surface area contributed by atoms with E-state index in [9.17, 15) is 22.0 Å². The molecule has 0 fully saturated rings. The first-order chi connectivity index (χ1) is 6.73. The maximum atomic E-state index is 12.4. The first kappa shape index (κ1) is 12.6. The Labute approximate surface area is 95.8 Å². The van der Waals surface area contributed by atoms with Crippen molar-refractivity contribution in [3.63, 3.8) is 0 Å². The molecule has 84 valence electrons. The lowest BCUT2D eigenvalue weighted by Gasteiger charge is -2.13. The van der Waals surface area contributed by atoms with Crippen molar-refractivity contribution < 1.29 is 22.0 Å². The summed E-state index contributed by atoms with van der Waals surface area (Å²) >= 11 is 1.38. The molecule has 7 heteroatoms. The predicted octanol–water partition coefficient (Wildman–Crippen LogP) is 3.95. The molecule has 0 bridgehead atoms. The third kappa shape index (κ3) is 2.76. The molecule has 0 saturated carbocycles. The summed E-state index contributed by atoms with van der Waals surface area (Å²) < 4.78 is 61.4. The minimum absolute atomic E-state index is 0.261. The van der Waals surface area contributed by atoms with E-state index in [2.05, 4.69) is 4.98 Å². The molecule has 1 aromatic heterocycles. The molecule has 1 nitrogen and oxygen atoms in total. The van der Waals surface area contributed by atoms with Gasteiger partial charge in [0.1, 0.15) is 5.69 Å². The number of nitrogens with zero attached hydrogens (tertiary/aromatic N) is 1. The number of halogens is 6. The Morgan fingerprint density at radius 1 is 1.33 bits per heavy atom. The van der Waals surface area contributed by atoms with E-state index in [0.717, 1.165) is 13.0 Å². The van der Waals surface area contributed by atoms with Gasteiger partial charge in [0.2, 0.25) is 0 Å². The molecule has 0 saturated heterocycles. The van der Waals surface area contributed by atoms with Crippen LogP contribution in [0.2, 0.25) is 0 Å². The van der Waals surface area contributed by atoms with E-state index in [1.54, 1.807) is 0 Å². The van der Waals surface area contributed by atoms with Crippen molar-refractivity contribution in [2.75, 3.05) is 0 Å². The normalized spacial score (nSPS) is 12.3. The van der Waals surface area contributed by atoms with Crippen molar-refractivity contribution in [2.24, 2.45) is 0 Å². The smallest absolute Gasteiger partial charge is 0.251 e. The molecule has 0 amide bonds. The molecule has 0 spiro atoms. The molecule has 1 rings (SSSR count). The summed E-state index contributed by atoms with van der Waals surface area (Å²) in [4.78, 5) is 3.23. The molecule has 0 aliphatic rings. The summed E-state index contributed by atoms with van der Waals surface area (Å²) in [7, 11) is 0. The maximum absolute atomic E-state index is 12.4. The maximum Gasteiger partial charge on any atom is 0.419 e. The molecule has 0 atom stereocenters.